The van der Waals surface area contributed by atoms with Crippen LogP contribution in [0.2, 0.25) is 0 Å². The highest BCUT2D eigenvalue weighted by molar-refractivity contribution is 6.01. The van der Waals surface area contributed by atoms with Crippen molar-refractivity contribution in [1.29, 1.82) is 0 Å². The van der Waals surface area contributed by atoms with Crippen LogP contribution in [0.4, 0.5) is 0 Å². The van der Waals surface area contributed by atoms with E-state index in [1.165, 1.54) is 22.4 Å². The third-order valence-electron chi connectivity index (χ3n) is 6.27. The van der Waals surface area contributed by atoms with Crippen molar-refractivity contribution in [3.05, 3.63) is 82.9 Å². The Balaban J connectivity index is 0.00000274. The van der Waals surface area contributed by atoms with Gasteiger partial charge < -0.3 is 42.9 Å². The molecule has 5 nitrogen and oxygen atoms in total. The molecule has 178 valence electrons. The minimum absolute atomic E-state index is 0. The second-order valence-corrected chi connectivity index (χ2v) is 8.48. The molecule has 0 bridgehead atoms. The average Bonchev–Trinajstić information content (AvgIpc) is 3.31. The van der Waals surface area contributed by atoms with Gasteiger partial charge in [-0.05, 0) is 41.0 Å². The number of ether oxygens (including phenoxy) is 4. The van der Waals surface area contributed by atoms with Crippen LogP contribution in [-0.4, -0.2) is 37.3 Å². The molecule has 0 saturated heterocycles. The third kappa shape index (κ3) is 5.17. The van der Waals surface area contributed by atoms with Crippen molar-refractivity contribution in [3.63, 3.8) is 0 Å². The SMILES string of the molecule is CCC[N+]1=C(Cc2ccc(OC)c(OCc3ccccc3)c2)c2cc3c(cc2CC1)OCO3.[I-]. The fraction of sp³-hybridized carbons (Fsp3) is 0.321. The summed E-state index contributed by atoms with van der Waals surface area (Å²) in [5, 5.41) is 0. The molecule has 0 unspecified atom stereocenters. The zero-order valence-electron chi connectivity index (χ0n) is 19.7. The van der Waals surface area contributed by atoms with Gasteiger partial charge in [0.1, 0.15) is 19.7 Å². The maximum absolute atomic E-state index is 6.16. The van der Waals surface area contributed by atoms with Crippen LogP contribution in [0.15, 0.2) is 60.7 Å². The molecule has 0 radical (unpaired) electrons. The summed E-state index contributed by atoms with van der Waals surface area (Å²) in [5.41, 5.74) is 6.25. The van der Waals surface area contributed by atoms with E-state index in [2.05, 4.69) is 47.9 Å². The van der Waals surface area contributed by atoms with Gasteiger partial charge in [0.15, 0.2) is 28.7 Å². The Bertz CT molecular complexity index is 1180. The molecule has 0 atom stereocenters. The predicted octanol–water partition coefficient (Wildman–Crippen LogP) is 2.02. The summed E-state index contributed by atoms with van der Waals surface area (Å²) >= 11 is 0. The highest BCUT2D eigenvalue weighted by Crippen LogP contribution is 2.37. The Morgan fingerprint density at radius 2 is 1.71 bits per heavy atom. The molecule has 0 N–H and O–H groups in total. The first-order chi connectivity index (χ1) is 16.2. The highest BCUT2D eigenvalue weighted by atomic mass is 127. The molecule has 34 heavy (non-hydrogen) atoms. The number of nitrogens with zero attached hydrogens (tertiary/aromatic N) is 1. The van der Waals surface area contributed by atoms with E-state index in [1.54, 1.807) is 7.11 Å². The Hall–Kier alpha value is -2.74. The Morgan fingerprint density at radius 3 is 2.47 bits per heavy atom. The molecule has 2 aliphatic heterocycles. The summed E-state index contributed by atoms with van der Waals surface area (Å²) in [7, 11) is 1.68. The lowest BCUT2D eigenvalue weighted by molar-refractivity contribution is -0.529. The van der Waals surface area contributed by atoms with E-state index in [0.717, 1.165) is 60.9 Å². The van der Waals surface area contributed by atoms with Crippen LogP contribution in [0, 0.1) is 0 Å². The van der Waals surface area contributed by atoms with Gasteiger partial charge in [0.05, 0.1) is 13.5 Å². The van der Waals surface area contributed by atoms with Gasteiger partial charge in [-0.1, -0.05) is 43.3 Å². The van der Waals surface area contributed by atoms with Crippen molar-refractivity contribution in [2.45, 2.75) is 32.8 Å². The molecule has 3 aromatic rings. The summed E-state index contributed by atoms with van der Waals surface area (Å²) in [6.07, 6.45) is 2.94. The monoisotopic (exact) mass is 571 g/mol. The Morgan fingerprint density at radius 1 is 0.912 bits per heavy atom. The van der Waals surface area contributed by atoms with Gasteiger partial charge in [-0.2, -0.15) is 0 Å². The van der Waals surface area contributed by atoms with Crippen molar-refractivity contribution in [2.75, 3.05) is 27.0 Å². The van der Waals surface area contributed by atoms with Crippen LogP contribution in [0.25, 0.3) is 0 Å². The first-order valence-corrected chi connectivity index (χ1v) is 11.6. The second kappa shape index (κ2) is 11.1. The zero-order chi connectivity index (χ0) is 22.6. The average molecular weight is 571 g/mol. The van der Waals surface area contributed by atoms with E-state index in [-0.39, 0.29) is 24.0 Å². The molecule has 5 rings (SSSR count). The first-order valence-electron chi connectivity index (χ1n) is 11.6. The van der Waals surface area contributed by atoms with Crippen LogP contribution >= 0.6 is 0 Å². The molecule has 0 aromatic heterocycles. The van der Waals surface area contributed by atoms with E-state index in [9.17, 15) is 0 Å². The highest BCUT2D eigenvalue weighted by Gasteiger charge is 2.29. The topological polar surface area (TPSA) is 39.9 Å². The number of methoxy groups -OCH3 is 1. The van der Waals surface area contributed by atoms with Gasteiger partial charge in [0.2, 0.25) is 6.79 Å². The lowest BCUT2D eigenvalue weighted by Gasteiger charge is -2.20. The molecule has 3 aromatic carbocycles. The summed E-state index contributed by atoms with van der Waals surface area (Å²) in [6, 6.07) is 20.8. The van der Waals surface area contributed by atoms with E-state index >= 15 is 0 Å². The molecular weight excluding hydrogens is 541 g/mol. The van der Waals surface area contributed by atoms with Crippen LogP contribution in [0.5, 0.6) is 23.0 Å². The van der Waals surface area contributed by atoms with Gasteiger partial charge in [-0.15, -0.1) is 0 Å². The molecule has 0 saturated carbocycles. The van der Waals surface area contributed by atoms with E-state index in [4.69, 9.17) is 18.9 Å². The maximum atomic E-state index is 6.16. The van der Waals surface area contributed by atoms with Crippen LogP contribution in [-0.2, 0) is 19.4 Å². The minimum Gasteiger partial charge on any atom is -1.00 e. The number of hydrogen-bond donors (Lipinski definition) is 0. The van der Waals surface area contributed by atoms with Gasteiger partial charge >= 0.3 is 0 Å². The first kappa shape index (κ1) is 24.4. The number of hydrogen-bond acceptors (Lipinski definition) is 4. The summed E-state index contributed by atoms with van der Waals surface area (Å²) in [6.45, 7) is 5.09. The lowest BCUT2D eigenvalue weighted by atomic mass is 9.92. The summed E-state index contributed by atoms with van der Waals surface area (Å²) in [5.74, 6) is 3.21. The smallest absolute Gasteiger partial charge is 0.231 e. The molecule has 0 spiro atoms. The number of fused-ring (bicyclic) bond motifs is 2. The molecule has 2 heterocycles. The molecule has 6 heteroatoms. The quantitative estimate of drug-likeness (QED) is 0.307. The van der Waals surface area contributed by atoms with E-state index in [0.29, 0.717) is 13.4 Å². The molecular formula is C28H30INO4. The molecule has 0 fully saturated rings. The van der Waals surface area contributed by atoms with Crippen molar-refractivity contribution in [3.8, 4) is 23.0 Å². The largest absolute Gasteiger partial charge is 1.00 e. The lowest BCUT2D eigenvalue weighted by Crippen LogP contribution is -3.00. The zero-order valence-corrected chi connectivity index (χ0v) is 21.8. The van der Waals surface area contributed by atoms with Crippen LogP contribution in [0.1, 0.15) is 35.6 Å². The Kier molecular flexibility index (Phi) is 7.98. The number of rotatable bonds is 8. The third-order valence-corrected chi connectivity index (χ3v) is 6.27. The van der Waals surface area contributed by atoms with Gasteiger partial charge in [-0.25, -0.2) is 4.58 Å². The van der Waals surface area contributed by atoms with E-state index < -0.39 is 0 Å². The normalized spacial score (nSPS) is 13.8. The van der Waals surface area contributed by atoms with Crippen molar-refractivity contribution >= 4 is 5.71 Å². The summed E-state index contributed by atoms with van der Waals surface area (Å²) < 4.78 is 25.6. The van der Waals surface area contributed by atoms with Crippen LogP contribution < -0.4 is 42.9 Å². The van der Waals surface area contributed by atoms with Crippen LogP contribution in [0.3, 0.4) is 0 Å². The van der Waals surface area contributed by atoms with Crippen molar-refractivity contribution in [1.82, 2.24) is 0 Å². The number of benzene rings is 3. The fourth-order valence-electron chi connectivity index (χ4n) is 4.62. The van der Waals surface area contributed by atoms with Crippen molar-refractivity contribution < 1.29 is 47.5 Å². The van der Waals surface area contributed by atoms with E-state index in [1.807, 2.05) is 24.3 Å². The maximum Gasteiger partial charge on any atom is 0.231 e. The summed E-state index contributed by atoms with van der Waals surface area (Å²) in [4.78, 5) is 0. The number of halogens is 1. The molecule has 0 aliphatic carbocycles. The molecule has 0 amide bonds. The van der Waals surface area contributed by atoms with Gasteiger partial charge in [-0.3, -0.25) is 0 Å². The van der Waals surface area contributed by atoms with Gasteiger partial charge in [0, 0.05) is 18.4 Å². The minimum atomic E-state index is 0. The van der Waals surface area contributed by atoms with Crippen molar-refractivity contribution in [2.24, 2.45) is 0 Å². The molecule has 2 aliphatic rings. The standard InChI is InChI=1S/C28H30NO4.HI/c1-3-12-29-13-11-22-16-27-28(33-19-32-27)17-23(22)24(29)14-21-9-10-25(30-2)26(15-21)31-18-20-7-5-4-6-8-20;/h4-10,15-17H,3,11-14,18-19H2,1-2H3;1H/q+1;/p-1. The predicted molar refractivity (Wildman–Crippen MR) is 128 cm³/mol. The Labute approximate surface area is 218 Å². The second-order valence-electron chi connectivity index (χ2n) is 8.48. The van der Waals surface area contributed by atoms with Gasteiger partial charge in [0.25, 0.3) is 0 Å². The fourth-order valence-corrected chi connectivity index (χ4v) is 4.62.